The summed E-state index contributed by atoms with van der Waals surface area (Å²) in [7, 11) is 4.76. The molecular formula is C16H27N5O6. The molecule has 0 aliphatic rings. The molecule has 0 amide bonds. The molecule has 152 valence electrons. The molecule has 11 heteroatoms. The first-order chi connectivity index (χ1) is 13.0. The average molecular weight is 385 g/mol. The van der Waals surface area contributed by atoms with Gasteiger partial charge in [-0.05, 0) is 6.92 Å². The van der Waals surface area contributed by atoms with E-state index in [4.69, 9.17) is 29.4 Å². The number of anilines is 1. The third-order valence-corrected chi connectivity index (χ3v) is 3.98. The van der Waals surface area contributed by atoms with Gasteiger partial charge < -0.3 is 29.4 Å². The highest BCUT2D eigenvalue weighted by molar-refractivity contribution is 5.70. The van der Waals surface area contributed by atoms with Crippen molar-refractivity contribution in [2.45, 2.75) is 25.4 Å². The van der Waals surface area contributed by atoms with Crippen molar-refractivity contribution in [2.75, 3.05) is 53.5 Å². The third-order valence-electron chi connectivity index (χ3n) is 3.98. The number of hydrogen-bond acceptors (Lipinski definition) is 9. The van der Waals surface area contributed by atoms with E-state index in [1.54, 1.807) is 32.8 Å². The van der Waals surface area contributed by atoms with Crippen LogP contribution in [-0.4, -0.2) is 79.5 Å². The van der Waals surface area contributed by atoms with Gasteiger partial charge in [-0.2, -0.15) is 4.98 Å². The second-order valence-electron chi connectivity index (χ2n) is 5.85. The maximum Gasteiger partial charge on any atom is 0.280 e. The molecule has 0 aromatic carbocycles. The summed E-state index contributed by atoms with van der Waals surface area (Å²) in [5.41, 5.74) is 5.76. The summed E-state index contributed by atoms with van der Waals surface area (Å²) < 4.78 is 29.0. The first-order valence-electron chi connectivity index (χ1n) is 8.48. The Labute approximate surface area is 156 Å². The van der Waals surface area contributed by atoms with Crippen LogP contribution in [0.2, 0.25) is 0 Å². The highest BCUT2D eigenvalue weighted by atomic mass is 16.6. The highest BCUT2D eigenvalue weighted by Crippen LogP contribution is 2.19. The first kappa shape index (κ1) is 21.3. The largest absolute Gasteiger partial charge is 0.382 e. The van der Waals surface area contributed by atoms with Crippen LogP contribution < -0.4 is 11.3 Å². The van der Waals surface area contributed by atoms with Crippen molar-refractivity contribution in [2.24, 2.45) is 0 Å². The van der Waals surface area contributed by atoms with Crippen LogP contribution >= 0.6 is 0 Å². The Hall–Kier alpha value is -2.05. The van der Waals surface area contributed by atoms with E-state index in [9.17, 15) is 4.79 Å². The highest BCUT2D eigenvalue weighted by Gasteiger charge is 2.26. The Bertz CT molecular complexity index is 763. The van der Waals surface area contributed by atoms with Crippen LogP contribution in [0.25, 0.3) is 11.2 Å². The molecule has 2 aromatic heterocycles. The number of nitrogens with zero attached hydrogens (tertiary/aromatic N) is 3. The first-order valence-corrected chi connectivity index (χ1v) is 8.48. The second-order valence-corrected chi connectivity index (χ2v) is 5.85. The predicted molar refractivity (Wildman–Crippen MR) is 97.5 cm³/mol. The Morgan fingerprint density at radius 2 is 1.96 bits per heavy atom. The van der Waals surface area contributed by atoms with E-state index in [2.05, 4.69) is 15.0 Å². The van der Waals surface area contributed by atoms with Gasteiger partial charge in [0.15, 0.2) is 11.2 Å². The van der Waals surface area contributed by atoms with Gasteiger partial charge in [-0.1, -0.05) is 0 Å². The van der Waals surface area contributed by atoms with Crippen molar-refractivity contribution in [3.05, 3.63) is 16.7 Å². The maximum absolute atomic E-state index is 11.9. The van der Waals surface area contributed by atoms with E-state index in [-0.39, 0.29) is 17.6 Å². The normalized spacial score (nSPS) is 15.1. The van der Waals surface area contributed by atoms with Crippen LogP contribution in [-0.2, 0) is 23.7 Å². The number of nitrogens with two attached hydrogens (primary N) is 1. The minimum absolute atomic E-state index is 0.0104. The molecule has 3 atom stereocenters. The molecule has 0 aliphatic heterocycles. The molecular weight excluding hydrogens is 358 g/mol. The van der Waals surface area contributed by atoms with Crippen molar-refractivity contribution in [1.82, 2.24) is 19.5 Å². The number of imidazole rings is 1. The fraction of sp³-hybridized carbons (Fsp3) is 0.688. The summed E-state index contributed by atoms with van der Waals surface area (Å²) in [5, 5.41) is 0. The molecule has 0 bridgehead atoms. The predicted octanol–water partition coefficient (Wildman–Crippen LogP) is -0.0701. The number of hydrogen-bond donors (Lipinski definition) is 2. The fourth-order valence-corrected chi connectivity index (χ4v) is 2.60. The molecule has 0 fully saturated rings. The minimum Gasteiger partial charge on any atom is -0.382 e. The van der Waals surface area contributed by atoms with Crippen molar-refractivity contribution in [3.63, 3.8) is 0 Å². The molecule has 0 spiro atoms. The van der Waals surface area contributed by atoms with E-state index in [0.717, 1.165) is 0 Å². The van der Waals surface area contributed by atoms with Crippen LogP contribution in [0.15, 0.2) is 11.1 Å². The number of methoxy groups -OCH3 is 3. The number of aromatic nitrogens is 4. The summed E-state index contributed by atoms with van der Waals surface area (Å²) in [4.78, 5) is 22.6. The lowest BCUT2D eigenvalue weighted by atomic mass is 10.2. The lowest BCUT2D eigenvalue weighted by Gasteiger charge is -2.28. The Kier molecular flexibility index (Phi) is 8.13. The summed E-state index contributed by atoms with van der Waals surface area (Å²) in [5.74, 6) is 0.0104. The maximum atomic E-state index is 11.9. The zero-order valence-corrected chi connectivity index (χ0v) is 16.0. The van der Waals surface area contributed by atoms with Gasteiger partial charge in [0, 0.05) is 21.3 Å². The van der Waals surface area contributed by atoms with Crippen molar-refractivity contribution < 1.29 is 23.7 Å². The summed E-state index contributed by atoms with van der Waals surface area (Å²) >= 11 is 0. The van der Waals surface area contributed by atoms with E-state index in [0.29, 0.717) is 32.1 Å². The number of H-pyrrole nitrogens is 1. The van der Waals surface area contributed by atoms with Gasteiger partial charge in [-0.25, -0.2) is 4.98 Å². The second kappa shape index (κ2) is 10.3. The van der Waals surface area contributed by atoms with Crippen molar-refractivity contribution in [3.8, 4) is 0 Å². The standard InChI is InChI=1S/C16H27N5O6/c1-10(21-9-18-13-14(21)19-16(17)20-15(13)22)27-12(7-24-3)11(25-4)8-26-6-5-23-2/h9-12H,5-8H2,1-4H3,(H3,17,19,20,22)/t10?,11?,12-/m0/s1. The van der Waals surface area contributed by atoms with Gasteiger partial charge in [0.05, 0.1) is 32.8 Å². The summed E-state index contributed by atoms with van der Waals surface area (Å²) in [6.07, 6.45) is 0.202. The SMILES string of the molecule is COCCOCC(OC)[C@H](COC)OC(C)n1cnc2c(=O)[nH]c(N)nc21. The average Bonchev–Trinajstić information content (AvgIpc) is 3.06. The molecule has 11 nitrogen and oxygen atoms in total. The van der Waals surface area contributed by atoms with E-state index >= 15 is 0 Å². The molecule has 0 aliphatic carbocycles. The quantitative estimate of drug-likeness (QED) is 0.481. The molecule has 2 aromatic rings. The van der Waals surface area contributed by atoms with Gasteiger partial charge in [0.2, 0.25) is 5.95 Å². The minimum atomic E-state index is -0.500. The zero-order valence-electron chi connectivity index (χ0n) is 16.0. The monoisotopic (exact) mass is 385 g/mol. The van der Waals surface area contributed by atoms with E-state index in [1.165, 1.54) is 6.33 Å². The lowest BCUT2D eigenvalue weighted by Crippen LogP contribution is -2.39. The molecule has 2 rings (SSSR count). The van der Waals surface area contributed by atoms with Crippen LogP contribution in [0, 0.1) is 0 Å². The van der Waals surface area contributed by atoms with Gasteiger partial charge >= 0.3 is 0 Å². The molecule has 2 unspecified atom stereocenters. The Balaban J connectivity index is 2.14. The van der Waals surface area contributed by atoms with Gasteiger partial charge in [-0.15, -0.1) is 0 Å². The summed E-state index contributed by atoms with van der Waals surface area (Å²) in [6, 6.07) is 0. The topological polar surface area (TPSA) is 136 Å². The van der Waals surface area contributed by atoms with Crippen molar-refractivity contribution in [1.29, 1.82) is 0 Å². The lowest BCUT2D eigenvalue weighted by molar-refractivity contribution is -0.147. The van der Waals surface area contributed by atoms with E-state index in [1.807, 2.05) is 0 Å². The molecule has 2 heterocycles. The van der Waals surface area contributed by atoms with Gasteiger partial charge in [0.1, 0.15) is 18.4 Å². The number of ether oxygens (including phenoxy) is 5. The van der Waals surface area contributed by atoms with Crippen LogP contribution in [0.3, 0.4) is 0 Å². The van der Waals surface area contributed by atoms with Crippen LogP contribution in [0.4, 0.5) is 5.95 Å². The number of aromatic amines is 1. The molecule has 0 radical (unpaired) electrons. The zero-order chi connectivity index (χ0) is 19.8. The molecule has 0 saturated carbocycles. The number of nitrogen functional groups attached to an aromatic ring is 1. The van der Waals surface area contributed by atoms with E-state index < -0.39 is 17.9 Å². The molecule has 27 heavy (non-hydrogen) atoms. The Morgan fingerprint density at radius 1 is 1.19 bits per heavy atom. The van der Waals surface area contributed by atoms with Gasteiger partial charge in [-0.3, -0.25) is 14.3 Å². The third kappa shape index (κ3) is 5.47. The van der Waals surface area contributed by atoms with Crippen LogP contribution in [0.1, 0.15) is 13.2 Å². The smallest absolute Gasteiger partial charge is 0.280 e. The summed E-state index contributed by atoms with van der Waals surface area (Å²) in [6.45, 7) is 3.35. The van der Waals surface area contributed by atoms with Gasteiger partial charge in [0.25, 0.3) is 5.56 Å². The fourth-order valence-electron chi connectivity index (χ4n) is 2.60. The number of fused-ring (bicyclic) bond motifs is 1. The number of rotatable bonds is 12. The number of nitrogens with one attached hydrogen (secondary N) is 1. The molecule has 3 N–H and O–H groups in total. The van der Waals surface area contributed by atoms with Crippen LogP contribution in [0.5, 0.6) is 0 Å². The van der Waals surface area contributed by atoms with Crippen molar-refractivity contribution >= 4 is 17.1 Å². The Morgan fingerprint density at radius 3 is 2.63 bits per heavy atom. The molecule has 0 saturated heterocycles.